The first-order chi connectivity index (χ1) is 11.7. The van der Waals surface area contributed by atoms with Crippen molar-refractivity contribution in [3.63, 3.8) is 0 Å². The summed E-state index contributed by atoms with van der Waals surface area (Å²) in [7, 11) is 1.60. The molecule has 0 spiro atoms. The molecule has 7 heteroatoms. The number of urea groups is 1. The number of hydrogen-bond acceptors (Lipinski definition) is 5. The maximum atomic E-state index is 11.7. The Balaban J connectivity index is 1.50. The van der Waals surface area contributed by atoms with Crippen LogP contribution in [0.2, 0.25) is 0 Å². The lowest BCUT2D eigenvalue weighted by Gasteiger charge is -2.27. The quantitative estimate of drug-likeness (QED) is 0.789. The summed E-state index contributed by atoms with van der Waals surface area (Å²) >= 11 is 1.45. The molecule has 1 aliphatic rings. The molecular weight excluding hydrogens is 324 g/mol. The minimum absolute atomic E-state index is 0.250. The molecule has 2 aromatic rings. The fraction of sp³-hybridized carbons (Fsp3) is 0.412. The van der Waals surface area contributed by atoms with Crippen molar-refractivity contribution in [2.75, 3.05) is 32.1 Å². The highest BCUT2D eigenvalue weighted by Gasteiger charge is 2.17. The third-order valence-corrected chi connectivity index (χ3v) is 4.77. The Morgan fingerprint density at radius 1 is 1.38 bits per heavy atom. The largest absolute Gasteiger partial charge is 0.383 e. The van der Waals surface area contributed by atoms with Gasteiger partial charge in [-0.1, -0.05) is 24.3 Å². The van der Waals surface area contributed by atoms with Crippen LogP contribution in [0.15, 0.2) is 29.6 Å². The Kier molecular flexibility index (Phi) is 5.79. The number of benzene rings is 1. The molecule has 0 saturated carbocycles. The number of fused-ring (bicyclic) bond motifs is 1. The number of ether oxygens (including phenoxy) is 1. The van der Waals surface area contributed by atoms with Crippen LogP contribution in [0.3, 0.4) is 0 Å². The van der Waals surface area contributed by atoms with Gasteiger partial charge in [0.25, 0.3) is 0 Å². The van der Waals surface area contributed by atoms with Crippen molar-refractivity contribution in [2.24, 2.45) is 0 Å². The van der Waals surface area contributed by atoms with Crippen LogP contribution in [0.5, 0.6) is 0 Å². The molecule has 0 fully saturated rings. The Morgan fingerprint density at radius 3 is 3.04 bits per heavy atom. The topological polar surface area (TPSA) is 66.5 Å². The Hall–Kier alpha value is -1.96. The van der Waals surface area contributed by atoms with Gasteiger partial charge in [-0.3, -0.25) is 10.2 Å². The normalized spacial score (nSPS) is 14.2. The van der Waals surface area contributed by atoms with E-state index in [1.807, 2.05) is 5.38 Å². The summed E-state index contributed by atoms with van der Waals surface area (Å²) in [6.07, 6.45) is 1.08. The third-order valence-electron chi connectivity index (χ3n) is 3.96. The van der Waals surface area contributed by atoms with Gasteiger partial charge < -0.3 is 10.1 Å². The number of anilines is 1. The minimum Gasteiger partial charge on any atom is -0.383 e. The van der Waals surface area contributed by atoms with Crippen molar-refractivity contribution in [1.29, 1.82) is 0 Å². The van der Waals surface area contributed by atoms with Crippen LogP contribution in [-0.2, 0) is 24.2 Å². The van der Waals surface area contributed by atoms with Crippen molar-refractivity contribution in [1.82, 2.24) is 15.2 Å². The van der Waals surface area contributed by atoms with Crippen molar-refractivity contribution in [2.45, 2.75) is 19.5 Å². The van der Waals surface area contributed by atoms with Crippen LogP contribution in [0.25, 0.3) is 0 Å². The first-order valence-corrected chi connectivity index (χ1v) is 8.90. The van der Waals surface area contributed by atoms with E-state index in [0.29, 0.717) is 18.3 Å². The molecule has 2 heterocycles. The third kappa shape index (κ3) is 4.53. The zero-order valence-electron chi connectivity index (χ0n) is 13.7. The van der Waals surface area contributed by atoms with E-state index in [9.17, 15) is 4.79 Å². The number of rotatable bonds is 6. The number of amides is 2. The maximum absolute atomic E-state index is 11.7. The highest BCUT2D eigenvalue weighted by Crippen LogP contribution is 2.22. The van der Waals surface area contributed by atoms with E-state index < -0.39 is 0 Å². The first kappa shape index (κ1) is 16.9. The second-order valence-corrected chi connectivity index (χ2v) is 6.61. The first-order valence-electron chi connectivity index (χ1n) is 8.02. The summed E-state index contributed by atoms with van der Waals surface area (Å²) in [5.41, 5.74) is 3.84. The molecule has 2 N–H and O–H groups in total. The molecular formula is C17H22N4O2S. The van der Waals surface area contributed by atoms with E-state index in [1.165, 1.54) is 22.5 Å². The number of nitrogens with zero attached hydrogens (tertiary/aromatic N) is 2. The van der Waals surface area contributed by atoms with Gasteiger partial charge in [-0.05, 0) is 17.5 Å². The molecule has 6 nitrogen and oxygen atoms in total. The standard InChI is InChI=1S/C17H22N4O2S/c1-23-9-7-18-16(22)20-17-19-15(12-24-17)11-21-8-6-13-4-2-3-5-14(13)10-21/h2-5,12H,6-11H2,1H3,(H2,18,19,20,22). The van der Waals surface area contributed by atoms with Gasteiger partial charge in [-0.15, -0.1) is 11.3 Å². The van der Waals surface area contributed by atoms with Gasteiger partial charge in [0.05, 0.1) is 12.3 Å². The lowest BCUT2D eigenvalue weighted by molar-refractivity contribution is 0.198. The average molecular weight is 346 g/mol. The van der Waals surface area contributed by atoms with Crippen LogP contribution in [0.4, 0.5) is 9.93 Å². The number of aromatic nitrogens is 1. The lowest BCUT2D eigenvalue weighted by atomic mass is 10.00. The average Bonchev–Trinajstić information content (AvgIpc) is 3.02. The van der Waals surface area contributed by atoms with Gasteiger partial charge in [0, 0.05) is 38.7 Å². The second kappa shape index (κ2) is 8.23. The van der Waals surface area contributed by atoms with E-state index in [4.69, 9.17) is 4.74 Å². The summed E-state index contributed by atoms with van der Waals surface area (Å²) in [6, 6.07) is 8.35. The highest BCUT2D eigenvalue weighted by atomic mass is 32.1. The number of nitrogens with one attached hydrogen (secondary N) is 2. The van der Waals surface area contributed by atoms with E-state index in [0.717, 1.165) is 31.7 Å². The van der Waals surface area contributed by atoms with Crippen LogP contribution in [-0.4, -0.2) is 42.7 Å². The maximum Gasteiger partial charge on any atom is 0.321 e. The van der Waals surface area contributed by atoms with Gasteiger partial charge in [0.15, 0.2) is 5.13 Å². The zero-order chi connectivity index (χ0) is 16.8. The molecule has 1 aromatic carbocycles. The fourth-order valence-corrected chi connectivity index (χ4v) is 3.46. The van der Waals surface area contributed by atoms with Gasteiger partial charge >= 0.3 is 6.03 Å². The molecule has 0 atom stereocenters. The number of carbonyl (C=O) groups excluding carboxylic acids is 1. The smallest absolute Gasteiger partial charge is 0.321 e. The van der Waals surface area contributed by atoms with Gasteiger partial charge in [0.1, 0.15) is 0 Å². The molecule has 0 aliphatic carbocycles. The van der Waals surface area contributed by atoms with E-state index >= 15 is 0 Å². The fourth-order valence-electron chi connectivity index (χ4n) is 2.76. The molecule has 128 valence electrons. The van der Waals surface area contributed by atoms with Crippen LogP contribution in [0.1, 0.15) is 16.8 Å². The number of methoxy groups -OCH3 is 1. The SMILES string of the molecule is COCCNC(=O)Nc1nc(CN2CCc3ccccc3C2)cs1. The highest BCUT2D eigenvalue weighted by molar-refractivity contribution is 7.13. The molecule has 3 rings (SSSR count). The van der Waals surface area contributed by atoms with Crippen LogP contribution in [0, 0.1) is 0 Å². The number of thiazole rings is 1. The minimum atomic E-state index is -0.250. The van der Waals surface area contributed by atoms with Crippen LogP contribution < -0.4 is 10.6 Å². The summed E-state index contributed by atoms with van der Waals surface area (Å²) < 4.78 is 4.90. The Labute approximate surface area is 145 Å². The van der Waals surface area contributed by atoms with E-state index in [1.54, 1.807) is 7.11 Å². The molecule has 2 amide bonds. The lowest BCUT2D eigenvalue weighted by Crippen LogP contribution is -2.31. The van der Waals surface area contributed by atoms with Gasteiger partial charge in [0.2, 0.25) is 0 Å². The molecule has 0 saturated heterocycles. The van der Waals surface area contributed by atoms with Crippen molar-refractivity contribution >= 4 is 22.5 Å². The molecule has 0 unspecified atom stereocenters. The molecule has 1 aliphatic heterocycles. The van der Waals surface area contributed by atoms with Crippen molar-refractivity contribution < 1.29 is 9.53 Å². The Morgan fingerprint density at radius 2 is 2.21 bits per heavy atom. The predicted molar refractivity (Wildman–Crippen MR) is 95.3 cm³/mol. The molecule has 1 aromatic heterocycles. The van der Waals surface area contributed by atoms with E-state index in [2.05, 4.69) is 44.8 Å². The summed E-state index contributed by atoms with van der Waals surface area (Å²) in [5, 5.41) is 8.10. The zero-order valence-corrected chi connectivity index (χ0v) is 14.6. The van der Waals surface area contributed by atoms with Gasteiger partial charge in [-0.25, -0.2) is 9.78 Å². The molecule has 0 radical (unpaired) electrons. The number of hydrogen-bond donors (Lipinski definition) is 2. The second-order valence-electron chi connectivity index (χ2n) is 5.75. The van der Waals surface area contributed by atoms with Crippen LogP contribution >= 0.6 is 11.3 Å². The Bertz CT molecular complexity index is 689. The van der Waals surface area contributed by atoms with Crippen molar-refractivity contribution in [3.05, 3.63) is 46.5 Å². The summed E-state index contributed by atoms with van der Waals surface area (Å²) in [5.74, 6) is 0. The summed E-state index contributed by atoms with van der Waals surface area (Å²) in [4.78, 5) is 18.6. The predicted octanol–water partition coefficient (Wildman–Crippen LogP) is 2.47. The van der Waals surface area contributed by atoms with Gasteiger partial charge in [-0.2, -0.15) is 0 Å². The summed E-state index contributed by atoms with van der Waals surface area (Å²) in [6.45, 7) is 3.77. The molecule has 24 heavy (non-hydrogen) atoms. The monoisotopic (exact) mass is 346 g/mol. The van der Waals surface area contributed by atoms with Crippen molar-refractivity contribution in [3.8, 4) is 0 Å². The number of carbonyl (C=O) groups is 1. The molecule has 0 bridgehead atoms. The van der Waals surface area contributed by atoms with E-state index in [-0.39, 0.29) is 6.03 Å².